The second kappa shape index (κ2) is 8.43. The lowest BCUT2D eigenvalue weighted by atomic mass is 9.79. The molecule has 5 nitrogen and oxygen atoms in total. The number of hydrogen-bond donors (Lipinski definition) is 3. The Morgan fingerprint density at radius 2 is 0.844 bits per heavy atom. The molecule has 0 saturated heterocycles. The number of ketones is 2. The molecule has 0 heterocycles. The van der Waals surface area contributed by atoms with Crippen LogP contribution in [0.4, 0.5) is 0 Å². The van der Waals surface area contributed by atoms with Crippen LogP contribution in [0.5, 0.6) is 0 Å². The third kappa shape index (κ3) is 4.55. The van der Waals surface area contributed by atoms with Crippen LogP contribution in [0.3, 0.4) is 0 Å². The average Bonchev–Trinajstić information content (AvgIpc) is 2.77. The fourth-order valence-corrected chi connectivity index (χ4v) is 3.61. The van der Waals surface area contributed by atoms with E-state index in [1.165, 1.54) is 27.7 Å². The number of aliphatic hydroxyl groups is 3. The summed E-state index contributed by atoms with van der Waals surface area (Å²) in [5.41, 5.74) is -2.21. The maximum atomic E-state index is 12.4. The van der Waals surface area contributed by atoms with Gasteiger partial charge < -0.3 is 15.3 Å². The van der Waals surface area contributed by atoms with E-state index < -0.39 is 28.4 Å². The molecule has 0 radical (unpaired) electrons. The van der Waals surface area contributed by atoms with Crippen LogP contribution in [-0.2, 0) is 5.60 Å². The van der Waals surface area contributed by atoms with Crippen molar-refractivity contribution in [3.05, 3.63) is 107 Å². The summed E-state index contributed by atoms with van der Waals surface area (Å²) in [7, 11) is 0. The summed E-state index contributed by atoms with van der Waals surface area (Å²) >= 11 is 0. The Hall–Kier alpha value is -3.12. The van der Waals surface area contributed by atoms with Gasteiger partial charge in [-0.3, -0.25) is 9.59 Å². The van der Waals surface area contributed by atoms with Crippen molar-refractivity contribution >= 4 is 11.6 Å². The summed E-state index contributed by atoms with van der Waals surface area (Å²) in [5.74, 6) is -0.830. The van der Waals surface area contributed by atoms with Gasteiger partial charge in [-0.05, 0) is 44.4 Å². The summed E-state index contributed by atoms with van der Waals surface area (Å²) in [4.78, 5) is 24.8. The van der Waals surface area contributed by atoms with Crippen LogP contribution in [0.15, 0.2) is 78.9 Å². The van der Waals surface area contributed by atoms with Crippen molar-refractivity contribution in [2.45, 2.75) is 44.5 Å². The maximum Gasteiger partial charge on any atom is 0.193 e. The first-order valence-corrected chi connectivity index (χ1v) is 10.4. The molecule has 5 heteroatoms. The molecule has 0 bridgehead atoms. The molecule has 0 spiro atoms. The standard InChI is InChI=1S/C27H28O5/c1-25(2,30)23(28)18-10-14-21(15-11-18)27(32,20-8-6-5-7-9-20)22-16-12-19(13-17-22)24(29)26(3,4)31/h5-17,30-32H,1-4H3. The first kappa shape index (κ1) is 23.5. The number of Topliss-reactive ketones (excluding diaryl/α,β-unsaturated/α-hetero) is 2. The second-order valence-electron chi connectivity index (χ2n) is 9.01. The van der Waals surface area contributed by atoms with Gasteiger partial charge in [-0.15, -0.1) is 0 Å². The Morgan fingerprint density at radius 1 is 0.531 bits per heavy atom. The summed E-state index contributed by atoms with van der Waals surface area (Å²) in [6.07, 6.45) is 0. The summed E-state index contributed by atoms with van der Waals surface area (Å²) in [6.45, 7) is 5.72. The van der Waals surface area contributed by atoms with E-state index in [4.69, 9.17) is 0 Å². The van der Waals surface area contributed by atoms with Gasteiger partial charge in [-0.2, -0.15) is 0 Å². The first-order valence-electron chi connectivity index (χ1n) is 10.4. The van der Waals surface area contributed by atoms with Crippen LogP contribution in [0.25, 0.3) is 0 Å². The fraction of sp³-hybridized carbons (Fsp3) is 0.259. The predicted octanol–water partition coefficient (Wildman–Crippen LogP) is 3.88. The van der Waals surface area contributed by atoms with Gasteiger partial charge in [0.2, 0.25) is 0 Å². The lowest BCUT2D eigenvalue weighted by Crippen LogP contribution is -2.32. The Morgan fingerprint density at radius 3 is 1.16 bits per heavy atom. The quantitative estimate of drug-likeness (QED) is 0.389. The van der Waals surface area contributed by atoms with E-state index in [2.05, 4.69) is 0 Å². The van der Waals surface area contributed by atoms with Crippen molar-refractivity contribution in [1.29, 1.82) is 0 Å². The van der Waals surface area contributed by atoms with E-state index >= 15 is 0 Å². The van der Waals surface area contributed by atoms with E-state index in [-0.39, 0.29) is 0 Å². The SMILES string of the molecule is CC(C)(O)C(=O)c1ccc(C(O)(c2ccccc2)c2ccc(C(=O)C(C)(C)O)cc2)cc1. The highest BCUT2D eigenvalue weighted by Crippen LogP contribution is 2.37. The van der Waals surface area contributed by atoms with Gasteiger partial charge >= 0.3 is 0 Å². The molecule has 0 aromatic heterocycles. The molecule has 0 unspecified atom stereocenters. The minimum absolute atomic E-state index is 0.336. The van der Waals surface area contributed by atoms with Crippen molar-refractivity contribution in [1.82, 2.24) is 0 Å². The van der Waals surface area contributed by atoms with Crippen LogP contribution in [0.1, 0.15) is 65.1 Å². The smallest absolute Gasteiger partial charge is 0.193 e. The lowest BCUT2D eigenvalue weighted by Gasteiger charge is -2.30. The molecule has 3 N–H and O–H groups in total. The van der Waals surface area contributed by atoms with E-state index in [0.29, 0.717) is 27.8 Å². The average molecular weight is 433 g/mol. The zero-order valence-corrected chi connectivity index (χ0v) is 18.7. The van der Waals surface area contributed by atoms with Gasteiger partial charge in [-0.25, -0.2) is 0 Å². The van der Waals surface area contributed by atoms with Crippen LogP contribution in [0, 0.1) is 0 Å². The fourth-order valence-electron chi connectivity index (χ4n) is 3.61. The van der Waals surface area contributed by atoms with E-state index in [9.17, 15) is 24.9 Å². The Kier molecular flexibility index (Phi) is 6.20. The van der Waals surface area contributed by atoms with Crippen molar-refractivity contribution in [2.24, 2.45) is 0 Å². The number of hydrogen-bond acceptors (Lipinski definition) is 5. The molecule has 166 valence electrons. The van der Waals surface area contributed by atoms with E-state index in [1.807, 2.05) is 18.2 Å². The molecular weight excluding hydrogens is 404 g/mol. The van der Waals surface area contributed by atoms with Gasteiger partial charge in [0.05, 0.1) is 0 Å². The number of carbonyl (C=O) groups excluding carboxylic acids is 2. The van der Waals surface area contributed by atoms with Crippen LogP contribution >= 0.6 is 0 Å². The molecule has 32 heavy (non-hydrogen) atoms. The molecule has 3 aromatic rings. The van der Waals surface area contributed by atoms with Crippen molar-refractivity contribution in [3.63, 3.8) is 0 Å². The Balaban J connectivity index is 2.09. The number of carbonyl (C=O) groups is 2. The Bertz CT molecular complexity index is 1030. The van der Waals surface area contributed by atoms with Crippen molar-refractivity contribution < 1.29 is 24.9 Å². The highest BCUT2D eigenvalue weighted by molar-refractivity contribution is 6.02. The highest BCUT2D eigenvalue weighted by Gasteiger charge is 2.35. The summed E-state index contributed by atoms with van der Waals surface area (Å²) in [6, 6.07) is 22.0. The molecule has 0 amide bonds. The monoisotopic (exact) mass is 432 g/mol. The van der Waals surface area contributed by atoms with Crippen LogP contribution < -0.4 is 0 Å². The molecule has 0 aliphatic carbocycles. The molecule has 0 fully saturated rings. The summed E-state index contributed by atoms with van der Waals surface area (Å²) < 4.78 is 0. The van der Waals surface area contributed by atoms with Crippen LogP contribution in [-0.4, -0.2) is 38.1 Å². The molecular formula is C27H28O5. The normalized spacial score (nSPS) is 12.5. The minimum atomic E-state index is -1.55. The lowest BCUT2D eigenvalue weighted by molar-refractivity contribution is 0.0487. The van der Waals surface area contributed by atoms with Gasteiger partial charge in [0.15, 0.2) is 11.6 Å². The van der Waals surface area contributed by atoms with E-state index in [0.717, 1.165) is 0 Å². The van der Waals surface area contributed by atoms with Crippen LogP contribution in [0.2, 0.25) is 0 Å². The van der Waals surface area contributed by atoms with Gasteiger partial charge in [-0.1, -0.05) is 78.9 Å². The third-order valence-electron chi connectivity index (χ3n) is 5.43. The summed E-state index contributed by atoms with van der Waals surface area (Å²) in [5, 5.41) is 32.0. The molecule has 0 aliphatic heterocycles. The largest absolute Gasteiger partial charge is 0.382 e. The molecule has 3 aromatic carbocycles. The van der Waals surface area contributed by atoms with Crippen molar-refractivity contribution in [3.8, 4) is 0 Å². The first-order chi connectivity index (χ1) is 14.8. The number of rotatable bonds is 7. The predicted molar refractivity (Wildman–Crippen MR) is 123 cm³/mol. The van der Waals surface area contributed by atoms with E-state index in [1.54, 1.807) is 60.7 Å². The topological polar surface area (TPSA) is 94.8 Å². The maximum absolute atomic E-state index is 12.4. The minimum Gasteiger partial charge on any atom is -0.382 e. The van der Waals surface area contributed by atoms with Gasteiger partial charge in [0.1, 0.15) is 16.8 Å². The third-order valence-corrected chi connectivity index (χ3v) is 5.43. The Labute approximate surface area is 188 Å². The molecule has 0 saturated carbocycles. The number of benzene rings is 3. The molecule has 3 rings (SSSR count). The molecule has 0 atom stereocenters. The molecule has 0 aliphatic rings. The zero-order valence-electron chi connectivity index (χ0n) is 18.7. The second-order valence-corrected chi connectivity index (χ2v) is 9.01. The highest BCUT2D eigenvalue weighted by atomic mass is 16.3. The van der Waals surface area contributed by atoms with Crippen molar-refractivity contribution in [2.75, 3.05) is 0 Å². The van der Waals surface area contributed by atoms with Gasteiger partial charge in [0.25, 0.3) is 0 Å². The zero-order chi connectivity index (χ0) is 23.7. The van der Waals surface area contributed by atoms with Gasteiger partial charge in [0, 0.05) is 11.1 Å².